The zero-order chi connectivity index (χ0) is 17.2. The average molecular weight is 460 g/mol. The molecule has 1 aliphatic rings. The van der Waals surface area contributed by atoms with Crippen molar-refractivity contribution in [1.82, 2.24) is 10.2 Å². The smallest absolute Gasteiger partial charge is 0.188 e. The molecule has 1 fully saturated rings. The fourth-order valence-electron chi connectivity index (χ4n) is 3.17. The van der Waals surface area contributed by atoms with E-state index in [2.05, 4.69) is 41.2 Å². The molecule has 1 aromatic rings. The Kier molecular flexibility index (Phi) is 11.1. The second-order valence-electron chi connectivity index (χ2n) is 6.33. The highest BCUT2D eigenvalue weighted by Gasteiger charge is 2.22. The summed E-state index contributed by atoms with van der Waals surface area (Å²) in [6, 6.07) is 8.85. The lowest BCUT2D eigenvalue weighted by Gasteiger charge is -2.23. The summed E-state index contributed by atoms with van der Waals surface area (Å²) in [5, 5.41) is 3.29. The molecule has 0 radical (unpaired) electrons. The quantitative estimate of drug-likeness (QED) is 0.257. The minimum atomic E-state index is 0. The van der Waals surface area contributed by atoms with Crippen LogP contribution >= 0.6 is 24.0 Å². The molecule has 0 spiro atoms. The number of likely N-dealkylation sites (tertiary alicyclic amines) is 1. The van der Waals surface area contributed by atoms with Gasteiger partial charge < -0.3 is 15.8 Å². The van der Waals surface area contributed by atoms with Crippen molar-refractivity contribution in [2.24, 2.45) is 10.7 Å². The molecule has 25 heavy (non-hydrogen) atoms. The highest BCUT2D eigenvalue weighted by molar-refractivity contribution is 14.0. The summed E-state index contributed by atoms with van der Waals surface area (Å²) in [7, 11) is 0. The van der Waals surface area contributed by atoms with Gasteiger partial charge in [0.05, 0.1) is 13.2 Å². The summed E-state index contributed by atoms with van der Waals surface area (Å²) in [6.07, 6.45) is 3.56. The van der Waals surface area contributed by atoms with Crippen LogP contribution in [0.3, 0.4) is 0 Å². The normalized spacial score (nSPS) is 18.2. The maximum atomic E-state index is 6.05. The number of rotatable bonds is 9. The van der Waals surface area contributed by atoms with Crippen LogP contribution in [0.5, 0.6) is 0 Å². The number of guanidine groups is 1. The minimum Gasteiger partial charge on any atom is -0.377 e. The summed E-state index contributed by atoms with van der Waals surface area (Å²) in [6.45, 7) is 9.54. The van der Waals surface area contributed by atoms with Crippen LogP contribution in [-0.2, 0) is 17.9 Å². The van der Waals surface area contributed by atoms with Gasteiger partial charge in [-0.15, -0.1) is 24.0 Å². The monoisotopic (exact) mass is 460 g/mol. The largest absolute Gasteiger partial charge is 0.377 e. The summed E-state index contributed by atoms with van der Waals surface area (Å²) in [4.78, 5) is 7.01. The van der Waals surface area contributed by atoms with E-state index in [0.717, 1.165) is 26.1 Å². The highest BCUT2D eigenvalue weighted by atomic mass is 127. The SMILES string of the molecule is CCCOCc1ccccc1CN=C(N)NCC1CCCN1CC.I. The van der Waals surface area contributed by atoms with E-state index in [1.54, 1.807) is 0 Å². The van der Waals surface area contributed by atoms with Gasteiger partial charge in [-0.05, 0) is 43.5 Å². The number of ether oxygens (including phenoxy) is 1. The molecule has 3 N–H and O–H groups in total. The number of halogens is 1. The maximum Gasteiger partial charge on any atom is 0.188 e. The van der Waals surface area contributed by atoms with Gasteiger partial charge in [-0.1, -0.05) is 38.1 Å². The predicted molar refractivity (Wildman–Crippen MR) is 115 cm³/mol. The molecule has 1 aromatic carbocycles. The van der Waals surface area contributed by atoms with Gasteiger partial charge in [-0.25, -0.2) is 4.99 Å². The van der Waals surface area contributed by atoms with E-state index >= 15 is 0 Å². The van der Waals surface area contributed by atoms with Crippen molar-refractivity contribution in [3.63, 3.8) is 0 Å². The topological polar surface area (TPSA) is 62.9 Å². The van der Waals surface area contributed by atoms with Gasteiger partial charge in [-0.2, -0.15) is 0 Å². The number of nitrogens with two attached hydrogens (primary N) is 1. The van der Waals surface area contributed by atoms with Gasteiger partial charge in [-0.3, -0.25) is 4.90 Å². The maximum absolute atomic E-state index is 6.05. The van der Waals surface area contributed by atoms with Crippen molar-refractivity contribution in [2.75, 3.05) is 26.2 Å². The van der Waals surface area contributed by atoms with E-state index in [0.29, 0.717) is 25.2 Å². The zero-order valence-corrected chi connectivity index (χ0v) is 17.9. The van der Waals surface area contributed by atoms with Crippen molar-refractivity contribution < 1.29 is 4.74 Å². The molecule has 1 saturated heterocycles. The third-order valence-corrected chi connectivity index (χ3v) is 4.57. The molecule has 0 saturated carbocycles. The molecule has 0 aliphatic carbocycles. The summed E-state index contributed by atoms with van der Waals surface area (Å²) < 4.78 is 5.65. The third-order valence-electron chi connectivity index (χ3n) is 4.57. The Morgan fingerprint density at radius 1 is 1.32 bits per heavy atom. The molecule has 0 bridgehead atoms. The summed E-state index contributed by atoms with van der Waals surface area (Å²) >= 11 is 0. The lowest BCUT2D eigenvalue weighted by Crippen LogP contribution is -2.42. The van der Waals surface area contributed by atoms with Crippen LogP contribution in [0.2, 0.25) is 0 Å². The molecule has 1 unspecified atom stereocenters. The number of hydrogen-bond acceptors (Lipinski definition) is 3. The van der Waals surface area contributed by atoms with Crippen LogP contribution in [0, 0.1) is 0 Å². The van der Waals surface area contributed by atoms with Gasteiger partial charge in [0.25, 0.3) is 0 Å². The molecule has 142 valence electrons. The molecule has 1 heterocycles. The Morgan fingerprint density at radius 3 is 2.80 bits per heavy atom. The number of hydrogen-bond donors (Lipinski definition) is 2. The van der Waals surface area contributed by atoms with Crippen molar-refractivity contribution >= 4 is 29.9 Å². The summed E-state index contributed by atoms with van der Waals surface area (Å²) in [5.74, 6) is 0.530. The Morgan fingerprint density at radius 2 is 2.08 bits per heavy atom. The van der Waals surface area contributed by atoms with Gasteiger partial charge in [0.15, 0.2) is 5.96 Å². The first-order valence-corrected chi connectivity index (χ1v) is 9.17. The number of nitrogens with zero attached hydrogens (tertiary/aromatic N) is 2. The minimum absolute atomic E-state index is 0. The molecule has 6 heteroatoms. The van der Waals surface area contributed by atoms with Gasteiger partial charge in [0, 0.05) is 19.2 Å². The number of aliphatic imine (C=N–C) groups is 1. The fraction of sp³-hybridized carbons (Fsp3) is 0.632. The van der Waals surface area contributed by atoms with Gasteiger partial charge in [0.1, 0.15) is 0 Å². The van der Waals surface area contributed by atoms with Crippen molar-refractivity contribution in [3.8, 4) is 0 Å². The second-order valence-corrected chi connectivity index (χ2v) is 6.33. The van der Waals surface area contributed by atoms with Crippen LogP contribution in [-0.4, -0.2) is 43.1 Å². The highest BCUT2D eigenvalue weighted by Crippen LogP contribution is 2.15. The predicted octanol–water partition coefficient (Wildman–Crippen LogP) is 3.12. The van der Waals surface area contributed by atoms with Crippen LogP contribution < -0.4 is 11.1 Å². The molecule has 0 amide bonds. The molecular weight excluding hydrogens is 427 g/mol. The first kappa shape index (κ1) is 22.2. The molecular formula is C19H33IN4O. The van der Waals surface area contributed by atoms with Crippen LogP contribution in [0.1, 0.15) is 44.2 Å². The molecule has 1 atom stereocenters. The first-order chi connectivity index (χ1) is 11.7. The standard InChI is InChI=1S/C19H32N4O.HI/c1-3-12-24-15-17-9-6-5-8-16(17)13-21-19(20)22-14-18-10-7-11-23(18)4-2;/h5-6,8-9,18H,3-4,7,10-15H2,1-2H3,(H3,20,21,22);1H. The fourth-order valence-corrected chi connectivity index (χ4v) is 3.17. The van der Waals surface area contributed by atoms with Crippen LogP contribution in [0.25, 0.3) is 0 Å². The lowest BCUT2D eigenvalue weighted by molar-refractivity contribution is 0.121. The lowest BCUT2D eigenvalue weighted by atomic mass is 10.1. The Hall–Kier alpha value is -0.860. The van der Waals surface area contributed by atoms with Crippen molar-refractivity contribution in [2.45, 2.75) is 52.3 Å². The van der Waals surface area contributed by atoms with E-state index in [1.165, 1.54) is 30.5 Å². The summed E-state index contributed by atoms with van der Waals surface area (Å²) in [5.41, 5.74) is 8.41. The molecule has 2 rings (SSSR count). The molecule has 0 aromatic heterocycles. The average Bonchev–Trinajstić information content (AvgIpc) is 3.07. The van der Waals surface area contributed by atoms with E-state index in [9.17, 15) is 0 Å². The van der Waals surface area contributed by atoms with E-state index in [4.69, 9.17) is 10.5 Å². The van der Waals surface area contributed by atoms with E-state index in [-0.39, 0.29) is 24.0 Å². The van der Waals surface area contributed by atoms with Crippen LogP contribution in [0.4, 0.5) is 0 Å². The molecule has 5 nitrogen and oxygen atoms in total. The van der Waals surface area contributed by atoms with Crippen molar-refractivity contribution in [1.29, 1.82) is 0 Å². The van der Waals surface area contributed by atoms with Crippen molar-refractivity contribution in [3.05, 3.63) is 35.4 Å². The van der Waals surface area contributed by atoms with Crippen LogP contribution in [0.15, 0.2) is 29.3 Å². The number of nitrogens with one attached hydrogen (secondary N) is 1. The van der Waals surface area contributed by atoms with Gasteiger partial charge in [0.2, 0.25) is 0 Å². The number of likely N-dealkylation sites (N-methyl/N-ethyl adjacent to an activating group) is 1. The number of benzene rings is 1. The Balaban J connectivity index is 0.00000312. The third kappa shape index (κ3) is 7.50. The molecule has 1 aliphatic heterocycles. The Labute approximate surface area is 169 Å². The van der Waals surface area contributed by atoms with E-state index < -0.39 is 0 Å². The van der Waals surface area contributed by atoms with Gasteiger partial charge >= 0.3 is 0 Å². The first-order valence-electron chi connectivity index (χ1n) is 9.17. The zero-order valence-electron chi connectivity index (χ0n) is 15.5. The Bertz CT molecular complexity index is 524. The van der Waals surface area contributed by atoms with E-state index in [1.807, 2.05) is 12.1 Å². The second kappa shape index (κ2) is 12.5.